The zero-order valence-electron chi connectivity index (χ0n) is 9.28. The molecule has 16 heavy (non-hydrogen) atoms. The Bertz CT molecular complexity index is 264. The molecule has 0 aliphatic rings. The molecule has 0 spiro atoms. The second-order valence-corrected chi connectivity index (χ2v) is 3.20. The first-order valence-electron chi connectivity index (χ1n) is 4.72. The molecule has 0 saturated carbocycles. The van der Waals surface area contributed by atoms with Crippen molar-refractivity contribution in [1.29, 1.82) is 0 Å². The lowest BCUT2D eigenvalue weighted by atomic mass is 10.3. The van der Waals surface area contributed by atoms with Gasteiger partial charge in [0.1, 0.15) is 37.6 Å². The summed E-state index contributed by atoms with van der Waals surface area (Å²) >= 11 is 0. The molecule has 0 aromatic rings. The van der Waals surface area contributed by atoms with Crippen LogP contribution in [0.25, 0.3) is 0 Å². The van der Waals surface area contributed by atoms with Crippen molar-refractivity contribution in [3.63, 3.8) is 0 Å². The Hall–Kier alpha value is -1.72. The highest BCUT2D eigenvalue weighted by Gasteiger charge is 2.08. The van der Waals surface area contributed by atoms with Gasteiger partial charge >= 0.3 is 11.9 Å². The minimum Gasteiger partial charge on any atom is -0.462 e. The Labute approximate surface area is 92.9 Å². The van der Waals surface area contributed by atoms with E-state index >= 15 is 0 Å². The second kappa shape index (κ2) is 7.56. The summed E-state index contributed by atoms with van der Waals surface area (Å²) in [6, 6.07) is 0. The lowest BCUT2D eigenvalue weighted by molar-refractivity contribution is -0.154. The van der Waals surface area contributed by atoms with Crippen molar-refractivity contribution in [3.05, 3.63) is 0 Å². The number of Topliss-reactive ketones (excluding diaryl/α,β-unsaturated/α-hetero) is 2. The summed E-state index contributed by atoms with van der Waals surface area (Å²) in [6.07, 6.45) is -0.581. The van der Waals surface area contributed by atoms with Crippen LogP contribution in [0.1, 0.15) is 26.7 Å². The number of carbonyl (C=O) groups excluding carboxylic acids is 4. The summed E-state index contributed by atoms with van der Waals surface area (Å²) in [5, 5.41) is 0. The Kier molecular flexibility index (Phi) is 6.74. The molecule has 6 heteroatoms. The Balaban J connectivity index is 3.53. The molecule has 0 aliphatic heterocycles. The molecule has 0 saturated heterocycles. The fraction of sp³-hybridized carbons (Fsp3) is 0.600. The molecule has 0 N–H and O–H groups in total. The van der Waals surface area contributed by atoms with Crippen molar-refractivity contribution in [3.8, 4) is 0 Å². The zero-order valence-corrected chi connectivity index (χ0v) is 9.28. The maximum Gasteiger partial charge on any atom is 0.313 e. The third-order valence-electron chi connectivity index (χ3n) is 1.40. The average molecular weight is 230 g/mol. The van der Waals surface area contributed by atoms with Crippen LogP contribution in [0.4, 0.5) is 0 Å². The van der Waals surface area contributed by atoms with E-state index in [1.54, 1.807) is 0 Å². The van der Waals surface area contributed by atoms with Crippen LogP contribution in [0.5, 0.6) is 0 Å². The van der Waals surface area contributed by atoms with Crippen LogP contribution in [0.2, 0.25) is 0 Å². The van der Waals surface area contributed by atoms with Gasteiger partial charge in [-0.1, -0.05) is 0 Å². The van der Waals surface area contributed by atoms with Crippen LogP contribution in [-0.2, 0) is 28.7 Å². The van der Waals surface area contributed by atoms with Crippen molar-refractivity contribution >= 4 is 23.5 Å². The van der Waals surface area contributed by atoms with Gasteiger partial charge in [-0.05, 0) is 13.8 Å². The van der Waals surface area contributed by atoms with Crippen LogP contribution in [0, 0.1) is 0 Å². The van der Waals surface area contributed by atoms with Gasteiger partial charge in [-0.25, -0.2) is 0 Å². The van der Waals surface area contributed by atoms with Crippen LogP contribution < -0.4 is 0 Å². The topological polar surface area (TPSA) is 86.7 Å². The quantitative estimate of drug-likeness (QED) is 0.348. The number of ether oxygens (including phenoxy) is 2. The predicted molar refractivity (Wildman–Crippen MR) is 52.5 cm³/mol. The van der Waals surface area contributed by atoms with E-state index in [9.17, 15) is 19.2 Å². The fourth-order valence-electron chi connectivity index (χ4n) is 0.820. The average Bonchev–Trinajstić information content (AvgIpc) is 2.10. The molecule has 0 fully saturated rings. The number of esters is 2. The van der Waals surface area contributed by atoms with E-state index < -0.39 is 11.9 Å². The molecule has 0 radical (unpaired) electrons. The van der Waals surface area contributed by atoms with Crippen LogP contribution in [-0.4, -0.2) is 36.7 Å². The first-order chi connectivity index (χ1) is 7.41. The van der Waals surface area contributed by atoms with E-state index in [2.05, 4.69) is 9.47 Å². The molecule has 0 bridgehead atoms. The largest absolute Gasteiger partial charge is 0.462 e. The minimum absolute atomic E-state index is 0.115. The van der Waals surface area contributed by atoms with E-state index in [1.807, 2.05) is 0 Å². The van der Waals surface area contributed by atoms with Crippen molar-refractivity contribution < 1.29 is 28.7 Å². The molecule has 0 unspecified atom stereocenters. The number of ketones is 2. The molecule has 90 valence electrons. The molecule has 0 aliphatic carbocycles. The standard InChI is InChI=1S/C10H14O6/c1-7(11)5-9(13)15-3-4-16-10(14)6-8(2)12/h3-6H2,1-2H3. The maximum atomic E-state index is 10.8. The number of hydrogen-bond acceptors (Lipinski definition) is 6. The second-order valence-electron chi connectivity index (χ2n) is 3.20. The molecule has 0 aromatic carbocycles. The first-order valence-corrected chi connectivity index (χ1v) is 4.72. The lowest BCUT2D eigenvalue weighted by Gasteiger charge is -2.04. The predicted octanol–water partition coefficient (Wildman–Crippen LogP) is 0.0310. The Morgan fingerprint density at radius 2 is 1.06 bits per heavy atom. The normalized spacial score (nSPS) is 9.38. The van der Waals surface area contributed by atoms with E-state index in [1.165, 1.54) is 13.8 Å². The van der Waals surface area contributed by atoms with E-state index in [-0.39, 0.29) is 37.6 Å². The molecule has 0 atom stereocenters. The van der Waals surface area contributed by atoms with E-state index in [4.69, 9.17) is 0 Å². The summed E-state index contributed by atoms with van der Waals surface area (Å²) < 4.78 is 9.17. The van der Waals surface area contributed by atoms with Crippen LogP contribution >= 0.6 is 0 Å². The summed E-state index contributed by atoms with van der Waals surface area (Å²) in [4.78, 5) is 42.7. The van der Waals surface area contributed by atoms with Gasteiger partial charge in [-0.3, -0.25) is 19.2 Å². The Morgan fingerprint density at radius 1 is 0.750 bits per heavy atom. The van der Waals surface area contributed by atoms with Crippen molar-refractivity contribution in [2.45, 2.75) is 26.7 Å². The molecule has 0 rings (SSSR count). The summed E-state index contributed by atoms with van der Waals surface area (Å²) in [5.41, 5.74) is 0. The molecule has 0 aromatic heterocycles. The molecule has 0 heterocycles. The summed E-state index contributed by atoms with van der Waals surface area (Å²) in [7, 11) is 0. The Morgan fingerprint density at radius 3 is 1.31 bits per heavy atom. The summed E-state index contributed by atoms with van der Waals surface area (Å²) in [6.45, 7) is 2.31. The summed E-state index contributed by atoms with van der Waals surface area (Å²) in [5.74, 6) is -1.90. The van der Waals surface area contributed by atoms with Crippen LogP contribution in [0.3, 0.4) is 0 Å². The van der Waals surface area contributed by atoms with Crippen molar-refractivity contribution in [1.82, 2.24) is 0 Å². The molecule has 0 amide bonds. The number of hydrogen-bond donors (Lipinski definition) is 0. The number of rotatable bonds is 7. The molecule has 6 nitrogen and oxygen atoms in total. The van der Waals surface area contributed by atoms with E-state index in [0.29, 0.717) is 0 Å². The van der Waals surface area contributed by atoms with E-state index in [0.717, 1.165) is 0 Å². The van der Waals surface area contributed by atoms with Crippen LogP contribution in [0.15, 0.2) is 0 Å². The van der Waals surface area contributed by atoms with Gasteiger partial charge in [0.2, 0.25) is 0 Å². The number of carbonyl (C=O) groups is 4. The zero-order chi connectivity index (χ0) is 12.6. The lowest BCUT2D eigenvalue weighted by Crippen LogP contribution is -2.16. The molecular weight excluding hydrogens is 216 g/mol. The van der Waals surface area contributed by atoms with Gasteiger partial charge in [0.25, 0.3) is 0 Å². The highest BCUT2D eigenvalue weighted by Crippen LogP contribution is 1.91. The van der Waals surface area contributed by atoms with Crippen molar-refractivity contribution in [2.75, 3.05) is 13.2 Å². The third kappa shape index (κ3) is 8.86. The van der Waals surface area contributed by atoms with Crippen molar-refractivity contribution in [2.24, 2.45) is 0 Å². The van der Waals surface area contributed by atoms with Gasteiger partial charge < -0.3 is 9.47 Å². The van der Waals surface area contributed by atoms with Gasteiger partial charge in [-0.15, -0.1) is 0 Å². The highest BCUT2D eigenvalue weighted by atomic mass is 16.6. The smallest absolute Gasteiger partial charge is 0.313 e. The van der Waals surface area contributed by atoms with Gasteiger partial charge in [0, 0.05) is 0 Å². The van der Waals surface area contributed by atoms with Gasteiger partial charge in [0.15, 0.2) is 0 Å². The minimum atomic E-state index is -0.657. The molecular formula is C10H14O6. The third-order valence-corrected chi connectivity index (χ3v) is 1.40. The van der Waals surface area contributed by atoms with Gasteiger partial charge in [-0.2, -0.15) is 0 Å². The van der Waals surface area contributed by atoms with Gasteiger partial charge in [0.05, 0.1) is 0 Å². The first kappa shape index (κ1) is 14.3. The monoisotopic (exact) mass is 230 g/mol. The fourth-order valence-corrected chi connectivity index (χ4v) is 0.820. The highest BCUT2D eigenvalue weighted by molar-refractivity contribution is 5.94. The SMILES string of the molecule is CC(=O)CC(=O)OCCOC(=O)CC(C)=O. The maximum absolute atomic E-state index is 10.8.